The van der Waals surface area contributed by atoms with Crippen LogP contribution < -0.4 is 20.7 Å². The predicted molar refractivity (Wildman–Crippen MR) is 202 cm³/mol. The molecule has 0 aromatic heterocycles. The number of hydrogen-bond donors (Lipinski definition) is 0. The van der Waals surface area contributed by atoms with Crippen LogP contribution in [-0.2, 0) is 15.4 Å². The topological polar surface area (TPSA) is 26.3 Å². The van der Waals surface area contributed by atoms with Gasteiger partial charge in [-0.2, -0.15) is 0 Å². The van der Waals surface area contributed by atoms with Crippen LogP contribution in [0.4, 0.5) is 0 Å². The highest BCUT2D eigenvalue weighted by molar-refractivity contribution is 7.85. The second-order valence-electron chi connectivity index (χ2n) is 13.6. The van der Waals surface area contributed by atoms with Crippen LogP contribution in [0.2, 0.25) is 0 Å². The molecule has 0 spiro atoms. The molecule has 236 valence electrons. The van der Waals surface area contributed by atoms with Gasteiger partial charge in [0, 0.05) is 32.5 Å². The minimum absolute atomic E-state index is 0.263. The lowest BCUT2D eigenvalue weighted by Crippen LogP contribution is -2.31. The molecule has 0 atom stereocenters. The Hall–Kier alpha value is -5.43. The Morgan fingerprint density at radius 3 is 1.47 bits per heavy atom. The minimum atomic E-state index is -3.13. The molecule has 0 fully saturated rings. The normalized spacial score (nSPS) is 14.9. The van der Waals surface area contributed by atoms with Crippen molar-refractivity contribution in [2.75, 3.05) is 0 Å². The monoisotopic (exact) mass is 650 g/mol. The van der Waals surface area contributed by atoms with Gasteiger partial charge in [-0.05, 0) is 51.6 Å². The van der Waals surface area contributed by atoms with Gasteiger partial charge in [-0.25, -0.2) is 0 Å². The highest BCUT2D eigenvalue weighted by atomic mass is 31.2. The number of hydrogen-bond acceptors (Lipinski definition) is 2. The van der Waals surface area contributed by atoms with Gasteiger partial charge in [-0.1, -0.05) is 172 Å². The molecule has 3 heteroatoms. The van der Waals surface area contributed by atoms with Gasteiger partial charge < -0.3 is 9.30 Å². The van der Waals surface area contributed by atoms with E-state index in [-0.39, 0.29) is 5.41 Å². The Kier molecular flexibility index (Phi) is 6.70. The molecule has 7 aromatic rings. The smallest absolute Gasteiger partial charge is 0.171 e. The fraction of sp³-hybridized carbons (Fsp3) is 0.0870. The fourth-order valence-corrected chi connectivity index (χ4v) is 11.0. The van der Waals surface area contributed by atoms with Crippen LogP contribution in [0.15, 0.2) is 176 Å². The summed E-state index contributed by atoms with van der Waals surface area (Å²) >= 11 is 0. The van der Waals surface area contributed by atoms with Crippen LogP contribution in [-0.4, -0.2) is 0 Å². The van der Waals surface area contributed by atoms with Crippen LogP contribution in [0.25, 0.3) is 11.1 Å². The number of fused-ring (bicyclic) bond motifs is 5. The first-order valence-electron chi connectivity index (χ1n) is 16.9. The zero-order valence-electron chi connectivity index (χ0n) is 27.5. The van der Waals surface area contributed by atoms with E-state index in [1.165, 1.54) is 38.9 Å². The summed E-state index contributed by atoms with van der Waals surface area (Å²) < 4.78 is 21.8. The maximum Gasteiger partial charge on any atom is 0.171 e. The predicted octanol–water partition coefficient (Wildman–Crippen LogP) is 10.1. The van der Waals surface area contributed by atoms with Crippen molar-refractivity contribution in [1.82, 2.24) is 0 Å². The third-order valence-corrected chi connectivity index (χ3v) is 13.8. The second kappa shape index (κ2) is 11.1. The van der Waals surface area contributed by atoms with Gasteiger partial charge in [-0.3, -0.25) is 0 Å². The molecule has 0 saturated heterocycles. The van der Waals surface area contributed by atoms with Gasteiger partial charge in [0.25, 0.3) is 0 Å². The summed E-state index contributed by atoms with van der Waals surface area (Å²) in [4.78, 5) is 0. The Bertz CT molecular complexity index is 2320. The van der Waals surface area contributed by atoms with Crippen LogP contribution >= 0.6 is 7.14 Å². The molecule has 0 saturated carbocycles. The first-order valence-corrected chi connectivity index (χ1v) is 18.6. The summed E-state index contributed by atoms with van der Waals surface area (Å²) in [6.45, 7) is 4.58. The molecule has 2 aliphatic rings. The van der Waals surface area contributed by atoms with E-state index >= 15 is 4.57 Å². The van der Waals surface area contributed by atoms with E-state index in [9.17, 15) is 0 Å². The number of ether oxygens (including phenoxy) is 1. The summed E-state index contributed by atoms with van der Waals surface area (Å²) in [5.41, 5.74) is 8.76. The second-order valence-corrected chi connectivity index (χ2v) is 16.4. The van der Waals surface area contributed by atoms with Gasteiger partial charge in [0.2, 0.25) is 0 Å². The van der Waals surface area contributed by atoms with Crippen molar-refractivity contribution >= 4 is 23.1 Å². The molecular formula is C46H35O2P. The van der Waals surface area contributed by atoms with E-state index in [4.69, 9.17) is 4.74 Å². The lowest BCUT2D eigenvalue weighted by Gasteiger charge is -2.38. The van der Waals surface area contributed by atoms with Gasteiger partial charge >= 0.3 is 0 Å². The Morgan fingerprint density at radius 2 is 0.878 bits per heavy atom. The summed E-state index contributed by atoms with van der Waals surface area (Å²) in [5.74, 6) is 1.81. The highest BCUT2D eigenvalue weighted by Crippen LogP contribution is 2.58. The summed E-state index contributed by atoms with van der Waals surface area (Å²) in [6, 6.07) is 61.1. The average Bonchev–Trinajstić information content (AvgIpc) is 3.46. The summed E-state index contributed by atoms with van der Waals surface area (Å²) in [6.07, 6.45) is 0. The van der Waals surface area contributed by atoms with Crippen LogP contribution in [0.3, 0.4) is 0 Å². The number of benzene rings is 7. The molecule has 49 heavy (non-hydrogen) atoms. The van der Waals surface area contributed by atoms with Gasteiger partial charge in [0.15, 0.2) is 7.14 Å². The molecule has 0 bridgehead atoms. The lowest BCUT2D eigenvalue weighted by molar-refractivity contribution is 0.417. The zero-order chi connectivity index (χ0) is 33.2. The molecule has 1 aliphatic carbocycles. The first kappa shape index (κ1) is 29.7. The minimum Gasteiger partial charge on any atom is -0.457 e. The van der Waals surface area contributed by atoms with Crippen molar-refractivity contribution in [3.05, 3.63) is 209 Å². The van der Waals surface area contributed by atoms with Gasteiger partial charge in [0.05, 0.1) is 5.41 Å². The fourth-order valence-electron chi connectivity index (χ4n) is 8.34. The van der Waals surface area contributed by atoms with E-state index < -0.39 is 12.6 Å². The Labute approximate surface area is 288 Å². The van der Waals surface area contributed by atoms with E-state index in [0.717, 1.165) is 33.0 Å². The molecule has 9 rings (SSSR count). The van der Waals surface area contributed by atoms with Crippen molar-refractivity contribution in [3.8, 4) is 22.6 Å². The van der Waals surface area contributed by atoms with Crippen molar-refractivity contribution in [2.45, 2.75) is 24.7 Å². The maximum atomic E-state index is 15.3. The van der Waals surface area contributed by atoms with Gasteiger partial charge in [-0.15, -0.1) is 0 Å². The SMILES string of the molecule is CC1(C)c2ccccc2Oc2ccc(C3(c4ccc(P(=O)(c5ccccc5)c5ccccc5)cc4)c4ccccc4-c4ccccc43)cc21. The quantitative estimate of drug-likeness (QED) is 0.173. The molecule has 0 unspecified atom stereocenters. The summed E-state index contributed by atoms with van der Waals surface area (Å²) in [5, 5.41) is 2.48. The molecule has 2 nitrogen and oxygen atoms in total. The van der Waals surface area contributed by atoms with Crippen LogP contribution in [0.1, 0.15) is 47.2 Å². The van der Waals surface area contributed by atoms with E-state index in [0.29, 0.717) is 0 Å². The number of para-hydroxylation sites is 1. The van der Waals surface area contributed by atoms with Crippen molar-refractivity contribution < 1.29 is 9.30 Å². The van der Waals surface area contributed by atoms with E-state index in [1.807, 2.05) is 66.7 Å². The lowest BCUT2D eigenvalue weighted by atomic mass is 9.66. The molecule has 7 aromatic carbocycles. The highest BCUT2D eigenvalue weighted by Gasteiger charge is 2.47. The van der Waals surface area contributed by atoms with Gasteiger partial charge in [0.1, 0.15) is 11.5 Å². The molecule has 1 heterocycles. The molecule has 1 aliphatic heterocycles. The van der Waals surface area contributed by atoms with Crippen LogP contribution in [0.5, 0.6) is 11.5 Å². The van der Waals surface area contributed by atoms with E-state index in [1.54, 1.807) is 0 Å². The number of rotatable bonds is 5. The zero-order valence-corrected chi connectivity index (χ0v) is 28.4. The average molecular weight is 651 g/mol. The van der Waals surface area contributed by atoms with Crippen molar-refractivity contribution in [1.29, 1.82) is 0 Å². The Balaban J connectivity index is 1.29. The molecule has 0 amide bonds. The third-order valence-electron chi connectivity index (χ3n) is 10.7. The standard InChI is InChI=1S/C46H35O2P/c1-45(2)41-23-13-14-24-43(41)48-44-30-27-33(31-42(44)45)46(39-21-11-9-19-37(39)38-20-10-12-22-40(38)46)32-25-28-36(29-26-32)49(47,34-15-5-3-6-16-34)35-17-7-4-8-18-35/h3-31H,1-2H3. The van der Waals surface area contributed by atoms with Crippen molar-refractivity contribution in [2.24, 2.45) is 0 Å². The largest absolute Gasteiger partial charge is 0.457 e. The van der Waals surface area contributed by atoms with E-state index in [2.05, 4.69) is 123 Å². The van der Waals surface area contributed by atoms with Crippen molar-refractivity contribution in [3.63, 3.8) is 0 Å². The molecule has 0 N–H and O–H groups in total. The molecule has 0 radical (unpaired) electrons. The summed E-state index contributed by atoms with van der Waals surface area (Å²) in [7, 11) is -3.13. The maximum absolute atomic E-state index is 15.3. The van der Waals surface area contributed by atoms with Crippen LogP contribution in [0, 0.1) is 0 Å². The Morgan fingerprint density at radius 1 is 0.429 bits per heavy atom. The molecular weight excluding hydrogens is 615 g/mol. The third kappa shape index (κ3) is 4.24. The first-order chi connectivity index (χ1) is 23.9.